The zero-order valence-electron chi connectivity index (χ0n) is 18.2. The Balaban J connectivity index is 1.36. The first-order valence-electron chi connectivity index (χ1n) is 11.9. The number of hydrogen-bond acceptors (Lipinski definition) is 1. The van der Waals surface area contributed by atoms with Crippen molar-refractivity contribution >= 4 is 16.9 Å². The Labute approximate surface area is 193 Å². The van der Waals surface area contributed by atoms with E-state index in [2.05, 4.69) is 36.4 Å². The fourth-order valence-electron chi connectivity index (χ4n) is 7.07. The molecule has 0 amide bonds. The molecule has 3 aliphatic carbocycles. The summed E-state index contributed by atoms with van der Waals surface area (Å²) in [6.45, 7) is 0. The second-order valence-corrected chi connectivity index (χ2v) is 11.7. The first kappa shape index (κ1) is 20.1. The Kier molecular flexibility index (Phi) is 5.10. The number of rotatable bonds is 5. The molecule has 3 saturated carbocycles. The SMILES string of the molecule is O=C(O)c1ccccc1[S+](c1ccccc1)c1ccc(C2CC3CC2C2CCCC32)cc1. The monoisotopic (exact) mass is 441 g/mol. The molecule has 0 saturated heterocycles. The minimum atomic E-state index is -0.862. The number of carbonyl (C=O) groups is 1. The maximum Gasteiger partial charge on any atom is 0.340 e. The molecule has 0 aromatic heterocycles. The summed E-state index contributed by atoms with van der Waals surface area (Å²) in [6, 6.07) is 27.0. The Hall–Kier alpha value is -2.52. The molecule has 3 aromatic rings. The van der Waals surface area contributed by atoms with E-state index in [4.69, 9.17) is 0 Å². The van der Waals surface area contributed by atoms with Gasteiger partial charge in [-0.15, -0.1) is 0 Å². The zero-order chi connectivity index (χ0) is 21.7. The summed E-state index contributed by atoms with van der Waals surface area (Å²) in [6.07, 6.45) is 7.18. The van der Waals surface area contributed by atoms with Gasteiger partial charge in [-0.2, -0.15) is 0 Å². The highest BCUT2D eigenvalue weighted by Crippen LogP contribution is 2.63. The van der Waals surface area contributed by atoms with Crippen molar-refractivity contribution in [2.45, 2.75) is 52.7 Å². The highest BCUT2D eigenvalue weighted by Gasteiger charge is 2.53. The summed E-state index contributed by atoms with van der Waals surface area (Å²) in [5.74, 6) is 3.70. The van der Waals surface area contributed by atoms with Gasteiger partial charge in [0.15, 0.2) is 14.7 Å². The lowest BCUT2D eigenvalue weighted by Gasteiger charge is -2.31. The van der Waals surface area contributed by atoms with E-state index in [9.17, 15) is 9.90 Å². The Morgan fingerprint density at radius 3 is 2.22 bits per heavy atom. The van der Waals surface area contributed by atoms with Gasteiger partial charge >= 0.3 is 5.97 Å². The van der Waals surface area contributed by atoms with Crippen LogP contribution in [0.25, 0.3) is 0 Å². The molecule has 6 rings (SSSR count). The topological polar surface area (TPSA) is 37.3 Å². The van der Waals surface area contributed by atoms with Gasteiger partial charge in [-0.25, -0.2) is 4.79 Å². The number of aromatic carboxylic acids is 1. The molecule has 2 bridgehead atoms. The van der Waals surface area contributed by atoms with Crippen LogP contribution in [-0.4, -0.2) is 11.1 Å². The predicted molar refractivity (Wildman–Crippen MR) is 128 cm³/mol. The van der Waals surface area contributed by atoms with Crippen LogP contribution in [0.1, 0.15) is 53.9 Å². The number of carboxylic acids is 1. The van der Waals surface area contributed by atoms with Crippen LogP contribution in [0.2, 0.25) is 0 Å². The molecule has 6 atom stereocenters. The molecule has 162 valence electrons. The van der Waals surface area contributed by atoms with E-state index in [1.54, 1.807) is 6.07 Å². The van der Waals surface area contributed by atoms with Crippen molar-refractivity contribution in [3.8, 4) is 0 Å². The van der Waals surface area contributed by atoms with Crippen molar-refractivity contribution < 1.29 is 9.90 Å². The van der Waals surface area contributed by atoms with E-state index in [1.165, 1.54) is 42.6 Å². The number of fused-ring (bicyclic) bond motifs is 5. The standard InChI is InChI=1S/C29H28O2S/c30-29(31)25-9-4-5-12-28(25)32(21-7-2-1-3-8-21)22-15-13-19(14-16-22)26-17-20-18-27(26)24-11-6-10-23(20)24/h1-5,7-9,12-16,20,23-24,26-27H,6,10-11,17-18H2/p+1. The van der Waals surface area contributed by atoms with Crippen LogP contribution in [0.5, 0.6) is 0 Å². The van der Waals surface area contributed by atoms with E-state index in [1.807, 2.05) is 36.4 Å². The molecule has 1 N–H and O–H groups in total. The summed E-state index contributed by atoms with van der Waals surface area (Å²) in [7, 11) is -0.443. The van der Waals surface area contributed by atoms with Gasteiger partial charge < -0.3 is 5.11 Å². The van der Waals surface area contributed by atoms with E-state index in [-0.39, 0.29) is 0 Å². The van der Waals surface area contributed by atoms with Gasteiger partial charge in [0.2, 0.25) is 0 Å². The van der Waals surface area contributed by atoms with Crippen molar-refractivity contribution in [3.05, 3.63) is 90.0 Å². The van der Waals surface area contributed by atoms with Gasteiger partial charge in [0.05, 0.1) is 0 Å². The second kappa shape index (κ2) is 8.12. The van der Waals surface area contributed by atoms with Gasteiger partial charge in [-0.3, -0.25) is 0 Å². The van der Waals surface area contributed by atoms with Crippen LogP contribution in [-0.2, 0) is 10.9 Å². The van der Waals surface area contributed by atoms with E-state index in [0.29, 0.717) is 5.56 Å². The first-order chi connectivity index (χ1) is 15.7. The Morgan fingerprint density at radius 1 is 0.750 bits per heavy atom. The summed E-state index contributed by atoms with van der Waals surface area (Å²) >= 11 is 0. The lowest BCUT2D eigenvalue weighted by molar-refractivity contribution is 0.0693. The smallest absolute Gasteiger partial charge is 0.340 e. The third-order valence-corrected chi connectivity index (χ3v) is 10.6. The minimum Gasteiger partial charge on any atom is -0.478 e. The summed E-state index contributed by atoms with van der Waals surface area (Å²) < 4.78 is 0. The fourth-order valence-corrected chi connectivity index (χ4v) is 9.28. The van der Waals surface area contributed by atoms with Crippen LogP contribution in [0.3, 0.4) is 0 Å². The maximum absolute atomic E-state index is 12.0. The van der Waals surface area contributed by atoms with Crippen LogP contribution in [0.4, 0.5) is 0 Å². The van der Waals surface area contributed by atoms with Gasteiger partial charge in [0.1, 0.15) is 16.5 Å². The Morgan fingerprint density at radius 2 is 1.44 bits per heavy atom. The van der Waals surface area contributed by atoms with Crippen LogP contribution < -0.4 is 0 Å². The molecule has 3 fully saturated rings. The predicted octanol–water partition coefficient (Wildman–Crippen LogP) is 7.02. The number of hydrogen-bond donors (Lipinski definition) is 1. The fraction of sp³-hybridized carbons (Fsp3) is 0.345. The Bertz CT molecular complexity index is 1120. The minimum absolute atomic E-state index is 0.393. The van der Waals surface area contributed by atoms with Crippen LogP contribution in [0.15, 0.2) is 93.5 Å². The van der Waals surface area contributed by atoms with E-state index < -0.39 is 16.9 Å². The van der Waals surface area contributed by atoms with Gasteiger partial charge in [-0.1, -0.05) is 48.9 Å². The average Bonchev–Trinajstić information content (AvgIpc) is 3.55. The molecular weight excluding hydrogens is 412 g/mol. The van der Waals surface area contributed by atoms with Crippen LogP contribution >= 0.6 is 0 Å². The highest BCUT2D eigenvalue weighted by molar-refractivity contribution is 7.97. The normalized spacial score (nSPS) is 29.1. The van der Waals surface area contributed by atoms with E-state index >= 15 is 0 Å². The van der Waals surface area contributed by atoms with Crippen molar-refractivity contribution in [1.82, 2.24) is 0 Å². The molecule has 3 aromatic carbocycles. The quantitative estimate of drug-likeness (QED) is 0.432. The van der Waals surface area contributed by atoms with Crippen LogP contribution in [0, 0.1) is 23.7 Å². The van der Waals surface area contributed by atoms with Crippen molar-refractivity contribution in [1.29, 1.82) is 0 Å². The molecule has 32 heavy (non-hydrogen) atoms. The van der Waals surface area contributed by atoms with E-state index in [0.717, 1.165) is 39.4 Å². The van der Waals surface area contributed by atoms with Crippen molar-refractivity contribution in [3.63, 3.8) is 0 Å². The lowest BCUT2D eigenvalue weighted by Crippen LogP contribution is -2.23. The molecule has 6 unspecified atom stereocenters. The molecule has 0 heterocycles. The molecule has 0 spiro atoms. The molecule has 3 aliphatic rings. The highest BCUT2D eigenvalue weighted by atomic mass is 32.2. The summed E-state index contributed by atoms with van der Waals surface area (Å²) in [4.78, 5) is 15.2. The summed E-state index contributed by atoms with van der Waals surface area (Å²) in [5, 5.41) is 9.84. The lowest BCUT2D eigenvalue weighted by atomic mass is 9.73. The van der Waals surface area contributed by atoms with Crippen molar-refractivity contribution in [2.75, 3.05) is 0 Å². The van der Waals surface area contributed by atoms with Crippen molar-refractivity contribution in [2.24, 2.45) is 23.7 Å². The molecule has 2 nitrogen and oxygen atoms in total. The molecule has 0 aliphatic heterocycles. The first-order valence-corrected chi connectivity index (χ1v) is 13.1. The molecule has 0 radical (unpaired) electrons. The van der Waals surface area contributed by atoms with Gasteiger partial charge in [0, 0.05) is 0 Å². The largest absolute Gasteiger partial charge is 0.478 e. The third-order valence-electron chi connectivity index (χ3n) is 8.29. The van der Waals surface area contributed by atoms with Gasteiger partial charge in [-0.05, 0) is 97.2 Å². The van der Waals surface area contributed by atoms with Gasteiger partial charge in [0.25, 0.3) is 0 Å². The number of carboxylic acid groups (broad SMARTS) is 1. The number of benzene rings is 3. The average molecular weight is 442 g/mol. The molecular formula is C29H29O2S+. The molecule has 3 heteroatoms. The third kappa shape index (κ3) is 3.29. The maximum atomic E-state index is 12.0. The second-order valence-electron chi connectivity index (χ2n) is 9.75. The summed E-state index contributed by atoms with van der Waals surface area (Å²) in [5.41, 5.74) is 1.89. The zero-order valence-corrected chi connectivity index (χ0v) is 19.0.